The van der Waals surface area contributed by atoms with E-state index < -0.39 is 0 Å². The van der Waals surface area contributed by atoms with Crippen LogP contribution in [-0.2, 0) is 0 Å². The second kappa shape index (κ2) is 9.32. The van der Waals surface area contributed by atoms with Crippen molar-refractivity contribution in [3.63, 3.8) is 0 Å². The zero-order valence-electron chi connectivity index (χ0n) is 23.2. The molecule has 8 rings (SSSR count). The highest BCUT2D eigenvalue weighted by atomic mass is 16.5. The number of pyridine rings is 2. The number of phenols is 1. The van der Waals surface area contributed by atoms with E-state index >= 15 is 0 Å². The molecule has 4 aromatic rings. The first-order valence-electron chi connectivity index (χ1n) is 15.0. The number of piperazine rings is 1. The highest BCUT2D eigenvalue weighted by molar-refractivity contribution is 6.01. The van der Waals surface area contributed by atoms with Gasteiger partial charge in [-0.05, 0) is 98.6 Å². The average Bonchev–Trinajstić information content (AvgIpc) is 3.37. The van der Waals surface area contributed by atoms with Crippen LogP contribution >= 0.6 is 0 Å². The van der Waals surface area contributed by atoms with E-state index in [0.717, 1.165) is 51.7 Å². The first-order valence-corrected chi connectivity index (χ1v) is 15.0. The fourth-order valence-corrected chi connectivity index (χ4v) is 7.45. The Balaban J connectivity index is 1.22. The number of aromatic hydroxyl groups is 1. The maximum atomic E-state index is 10.6. The molecule has 206 valence electrons. The van der Waals surface area contributed by atoms with Crippen molar-refractivity contribution < 1.29 is 9.84 Å². The molecule has 0 radical (unpaired) electrons. The molecule has 40 heavy (non-hydrogen) atoms. The van der Waals surface area contributed by atoms with Crippen LogP contribution in [0, 0.1) is 6.92 Å². The lowest BCUT2D eigenvalue weighted by Crippen LogP contribution is -2.51. The number of nitrogens with one attached hydrogen (secondary N) is 1. The Labute approximate surface area is 235 Å². The third-order valence-electron chi connectivity index (χ3n) is 9.73. The number of hydrogen-bond donors (Lipinski definition) is 2. The number of hydrogen-bond acceptors (Lipinski definition) is 7. The summed E-state index contributed by atoms with van der Waals surface area (Å²) in [5.41, 5.74) is 6.17. The van der Waals surface area contributed by atoms with E-state index in [4.69, 9.17) is 14.7 Å². The third kappa shape index (κ3) is 4.18. The first kappa shape index (κ1) is 24.4. The van der Waals surface area contributed by atoms with Gasteiger partial charge in [-0.3, -0.25) is 9.88 Å². The maximum Gasteiger partial charge on any atom is 0.216 e. The van der Waals surface area contributed by atoms with Crippen LogP contribution in [0.25, 0.3) is 32.9 Å². The average molecular weight is 536 g/mol. The summed E-state index contributed by atoms with van der Waals surface area (Å²) in [5, 5.41) is 16.5. The summed E-state index contributed by atoms with van der Waals surface area (Å²) in [5.74, 6) is 0.946. The van der Waals surface area contributed by atoms with E-state index in [2.05, 4.69) is 46.3 Å². The van der Waals surface area contributed by atoms with Crippen molar-refractivity contribution in [2.75, 3.05) is 37.7 Å². The molecule has 2 unspecified atom stereocenters. The largest absolute Gasteiger partial charge is 0.508 e. The van der Waals surface area contributed by atoms with Crippen molar-refractivity contribution in [1.82, 2.24) is 20.2 Å². The molecule has 4 aliphatic rings. The lowest BCUT2D eigenvalue weighted by atomic mass is 9.95. The van der Waals surface area contributed by atoms with Gasteiger partial charge in [-0.15, -0.1) is 0 Å². The van der Waals surface area contributed by atoms with E-state index in [1.165, 1.54) is 57.2 Å². The Bertz CT molecular complexity index is 1600. The molecule has 3 aliphatic heterocycles. The topological polar surface area (TPSA) is 73.8 Å². The summed E-state index contributed by atoms with van der Waals surface area (Å²) in [6.45, 7) is 7.15. The van der Waals surface area contributed by atoms with Gasteiger partial charge in [-0.1, -0.05) is 18.2 Å². The minimum atomic E-state index is 0.194. The summed E-state index contributed by atoms with van der Waals surface area (Å²) >= 11 is 0. The Kier molecular flexibility index (Phi) is 5.68. The fraction of sp³-hybridized carbons (Fsp3) is 0.455. The van der Waals surface area contributed by atoms with E-state index in [9.17, 15) is 5.11 Å². The Morgan fingerprint density at radius 2 is 1.85 bits per heavy atom. The first-order chi connectivity index (χ1) is 19.5. The SMILES string of the molecule is Cc1cccc2cc(O)cc(-c3cnc4c(N5CC6CCC(C5)N6)cc(OCC5(N6CCCC6)CC5)nc4c3)c12. The Hall–Kier alpha value is -3.42. The second-order valence-corrected chi connectivity index (χ2v) is 12.5. The van der Waals surface area contributed by atoms with Crippen LogP contribution < -0.4 is 15.0 Å². The van der Waals surface area contributed by atoms with Crippen molar-refractivity contribution in [3.8, 4) is 22.8 Å². The molecule has 5 heterocycles. The minimum absolute atomic E-state index is 0.194. The molecule has 3 saturated heterocycles. The van der Waals surface area contributed by atoms with Gasteiger partial charge in [0.2, 0.25) is 5.88 Å². The molecule has 7 nitrogen and oxygen atoms in total. The van der Waals surface area contributed by atoms with Crippen LogP contribution in [0.1, 0.15) is 44.1 Å². The van der Waals surface area contributed by atoms with Crippen LogP contribution in [-0.4, -0.2) is 70.4 Å². The van der Waals surface area contributed by atoms with Crippen LogP contribution in [0.4, 0.5) is 5.69 Å². The number of anilines is 1. The molecule has 1 aliphatic carbocycles. The number of aryl methyl sites for hydroxylation is 1. The predicted octanol–water partition coefficient (Wildman–Crippen LogP) is 5.41. The molecule has 2 aromatic heterocycles. The number of nitrogens with zero attached hydrogens (tertiary/aromatic N) is 4. The van der Waals surface area contributed by atoms with Gasteiger partial charge in [0, 0.05) is 43.0 Å². The number of aromatic nitrogens is 2. The third-order valence-corrected chi connectivity index (χ3v) is 9.73. The predicted molar refractivity (Wildman–Crippen MR) is 159 cm³/mol. The molecular weight excluding hydrogens is 498 g/mol. The van der Waals surface area contributed by atoms with Crippen molar-refractivity contribution >= 4 is 27.5 Å². The van der Waals surface area contributed by atoms with Crippen LogP contribution in [0.2, 0.25) is 0 Å². The van der Waals surface area contributed by atoms with Crippen molar-refractivity contribution in [2.24, 2.45) is 0 Å². The summed E-state index contributed by atoms with van der Waals surface area (Å²) < 4.78 is 6.55. The van der Waals surface area contributed by atoms with E-state index in [-0.39, 0.29) is 11.3 Å². The van der Waals surface area contributed by atoms with Gasteiger partial charge >= 0.3 is 0 Å². The van der Waals surface area contributed by atoms with E-state index in [1.54, 1.807) is 0 Å². The number of rotatable bonds is 6. The monoisotopic (exact) mass is 535 g/mol. The second-order valence-electron chi connectivity index (χ2n) is 12.5. The molecule has 0 amide bonds. The van der Waals surface area contributed by atoms with Crippen LogP contribution in [0.15, 0.2) is 48.7 Å². The van der Waals surface area contributed by atoms with Gasteiger partial charge in [0.25, 0.3) is 0 Å². The van der Waals surface area contributed by atoms with Gasteiger partial charge in [0.1, 0.15) is 17.9 Å². The molecule has 0 spiro atoms. The molecule has 7 heteroatoms. The summed E-state index contributed by atoms with van der Waals surface area (Å²) in [4.78, 5) is 15.2. The lowest BCUT2D eigenvalue weighted by Gasteiger charge is -2.35. The van der Waals surface area contributed by atoms with E-state index in [1.807, 2.05) is 24.4 Å². The van der Waals surface area contributed by atoms with Crippen molar-refractivity contribution in [2.45, 2.75) is 63.1 Å². The molecule has 2 atom stereocenters. The fourth-order valence-electron chi connectivity index (χ4n) is 7.45. The molecule has 2 bridgehead atoms. The maximum absolute atomic E-state index is 10.6. The summed E-state index contributed by atoms with van der Waals surface area (Å²) in [6.07, 6.45) is 9.42. The quantitative estimate of drug-likeness (QED) is 0.342. The standard InChI is InChI=1S/C33H37N5O2/c1-21-5-4-6-22-13-26(39)15-27(31(21)22)23-14-28-32(34-17-23)29(37-18-24-7-8-25(19-37)35-24)16-30(36-28)40-20-33(9-10-33)38-11-2-3-12-38/h4-6,13-17,24-25,35,39H,2-3,7-12,18-20H2,1H3. The zero-order valence-corrected chi connectivity index (χ0v) is 23.2. The van der Waals surface area contributed by atoms with Gasteiger partial charge in [0.15, 0.2) is 0 Å². The number of ether oxygens (including phenoxy) is 1. The zero-order chi connectivity index (χ0) is 26.8. The molecular formula is C33H37N5O2. The molecule has 1 saturated carbocycles. The van der Waals surface area contributed by atoms with Gasteiger partial charge < -0.3 is 20.1 Å². The van der Waals surface area contributed by atoms with Gasteiger partial charge in [-0.2, -0.15) is 0 Å². The van der Waals surface area contributed by atoms with Gasteiger partial charge in [-0.25, -0.2) is 4.98 Å². The number of fused-ring (bicyclic) bond motifs is 4. The normalized spacial score (nSPS) is 23.8. The highest BCUT2D eigenvalue weighted by Gasteiger charge is 2.49. The summed E-state index contributed by atoms with van der Waals surface area (Å²) in [6, 6.07) is 15.2. The smallest absolute Gasteiger partial charge is 0.216 e. The number of phenolic OH excluding ortho intramolecular Hbond substituents is 1. The van der Waals surface area contributed by atoms with Crippen molar-refractivity contribution in [3.05, 3.63) is 54.2 Å². The number of benzene rings is 2. The lowest BCUT2D eigenvalue weighted by molar-refractivity contribution is 0.138. The number of likely N-dealkylation sites (tertiary alicyclic amines) is 1. The molecule has 4 fully saturated rings. The molecule has 2 N–H and O–H groups in total. The highest BCUT2D eigenvalue weighted by Crippen LogP contribution is 2.44. The van der Waals surface area contributed by atoms with Gasteiger partial charge in [0.05, 0.1) is 16.7 Å². The van der Waals surface area contributed by atoms with Crippen molar-refractivity contribution in [1.29, 1.82) is 0 Å². The van der Waals surface area contributed by atoms with Crippen LogP contribution in [0.5, 0.6) is 11.6 Å². The molecule has 2 aromatic carbocycles. The minimum Gasteiger partial charge on any atom is -0.508 e. The summed E-state index contributed by atoms with van der Waals surface area (Å²) in [7, 11) is 0. The van der Waals surface area contributed by atoms with Crippen LogP contribution in [0.3, 0.4) is 0 Å². The Morgan fingerprint density at radius 1 is 1.05 bits per heavy atom. The Morgan fingerprint density at radius 3 is 2.62 bits per heavy atom. The van der Waals surface area contributed by atoms with E-state index in [0.29, 0.717) is 24.6 Å².